The number of para-hydroxylation sites is 2. The number of hydrogen-bond acceptors (Lipinski definition) is 5. The van der Waals surface area contributed by atoms with Gasteiger partial charge in [0.15, 0.2) is 6.10 Å². The Morgan fingerprint density at radius 3 is 2.71 bits per heavy atom. The Balaban J connectivity index is 1.84. The highest BCUT2D eigenvalue weighted by Gasteiger charge is 2.42. The van der Waals surface area contributed by atoms with Crippen LogP contribution in [0.3, 0.4) is 0 Å². The van der Waals surface area contributed by atoms with E-state index in [-0.39, 0.29) is 5.57 Å². The fourth-order valence-electron chi connectivity index (χ4n) is 3.24. The zero-order chi connectivity index (χ0) is 20.1. The van der Waals surface area contributed by atoms with Crippen LogP contribution in [-0.4, -0.2) is 27.8 Å². The lowest BCUT2D eigenvalue weighted by Crippen LogP contribution is -2.35. The first-order valence-corrected chi connectivity index (χ1v) is 8.53. The fourth-order valence-corrected chi connectivity index (χ4v) is 3.24. The van der Waals surface area contributed by atoms with Gasteiger partial charge in [0, 0.05) is 5.70 Å². The summed E-state index contributed by atoms with van der Waals surface area (Å²) in [4.78, 5) is 17.2. The standard InChI is InChI=1S/C19H16F3N3O3/c1-10-15(17(26)28-11(2)19(20,21)22)16(14-8-5-9-27-14)25-13-7-4-3-6-12(13)24-18(25)23-10/h3-9,11,16H,1-2H3,(H,23,24). The van der Waals surface area contributed by atoms with Crippen molar-refractivity contribution in [3.63, 3.8) is 0 Å². The van der Waals surface area contributed by atoms with Gasteiger partial charge in [0.25, 0.3) is 0 Å². The van der Waals surface area contributed by atoms with Gasteiger partial charge >= 0.3 is 12.1 Å². The number of hydrogen-bond donors (Lipinski definition) is 1. The molecule has 1 aliphatic rings. The van der Waals surface area contributed by atoms with Crippen molar-refractivity contribution in [2.45, 2.75) is 32.2 Å². The van der Waals surface area contributed by atoms with Gasteiger partial charge in [-0.05, 0) is 38.1 Å². The number of nitrogens with zero attached hydrogens (tertiary/aromatic N) is 2. The second-order valence-corrected chi connectivity index (χ2v) is 6.46. The van der Waals surface area contributed by atoms with Gasteiger partial charge in [-0.2, -0.15) is 13.2 Å². The molecule has 1 aliphatic heterocycles. The largest absolute Gasteiger partial charge is 0.467 e. The molecule has 3 heterocycles. The second-order valence-electron chi connectivity index (χ2n) is 6.46. The maximum atomic E-state index is 12.9. The van der Waals surface area contributed by atoms with Crippen LogP contribution in [0.2, 0.25) is 0 Å². The van der Waals surface area contributed by atoms with Crippen molar-refractivity contribution in [1.29, 1.82) is 0 Å². The molecular formula is C19H16F3N3O3. The maximum absolute atomic E-state index is 12.9. The number of ether oxygens (including phenoxy) is 1. The highest BCUT2D eigenvalue weighted by Crippen LogP contribution is 2.40. The minimum atomic E-state index is -4.65. The van der Waals surface area contributed by atoms with E-state index in [0.29, 0.717) is 28.4 Å². The molecule has 0 aliphatic carbocycles. The van der Waals surface area contributed by atoms with Crippen molar-refractivity contribution in [3.05, 3.63) is 59.7 Å². The number of carbonyl (C=O) groups is 1. The Labute approximate surface area is 157 Å². The molecule has 0 spiro atoms. The van der Waals surface area contributed by atoms with Crippen LogP contribution in [0.5, 0.6) is 0 Å². The number of rotatable bonds is 3. The van der Waals surface area contributed by atoms with E-state index in [0.717, 1.165) is 6.92 Å². The SMILES string of the molecule is CC1=C(C(=O)OC(C)C(F)(F)F)C(c2ccco2)n2c(nc3ccccc32)N1. The van der Waals surface area contributed by atoms with Crippen LogP contribution in [0.1, 0.15) is 25.6 Å². The van der Waals surface area contributed by atoms with E-state index in [1.165, 1.54) is 6.26 Å². The number of furan rings is 1. The third kappa shape index (κ3) is 2.92. The van der Waals surface area contributed by atoms with E-state index < -0.39 is 24.3 Å². The number of benzene rings is 1. The molecule has 0 radical (unpaired) electrons. The molecule has 28 heavy (non-hydrogen) atoms. The van der Waals surface area contributed by atoms with Crippen LogP contribution in [0.25, 0.3) is 11.0 Å². The number of fused-ring (bicyclic) bond motifs is 3. The Morgan fingerprint density at radius 1 is 1.29 bits per heavy atom. The number of esters is 1. The van der Waals surface area contributed by atoms with Crippen molar-refractivity contribution in [1.82, 2.24) is 9.55 Å². The average Bonchev–Trinajstić information content (AvgIpc) is 3.27. The summed E-state index contributed by atoms with van der Waals surface area (Å²) in [5, 5.41) is 2.99. The quantitative estimate of drug-likeness (QED) is 0.670. The summed E-state index contributed by atoms with van der Waals surface area (Å²) in [5.74, 6) is -0.225. The van der Waals surface area contributed by atoms with Crippen LogP contribution in [0, 0.1) is 0 Å². The van der Waals surface area contributed by atoms with E-state index in [4.69, 9.17) is 9.15 Å². The lowest BCUT2D eigenvalue weighted by atomic mass is 10.00. The zero-order valence-electron chi connectivity index (χ0n) is 14.9. The number of carbonyl (C=O) groups excluding carboxylic acids is 1. The summed E-state index contributed by atoms with van der Waals surface area (Å²) in [6.07, 6.45) is -5.45. The van der Waals surface area contributed by atoms with Crippen LogP contribution in [-0.2, 0) is 9.53 Å². The van der Waals surface area contributed by atoms with Gasteiger partial charge in [0.05, 0.1) is 22.9 Å². The summed E-state index contributed by atoms with van der Waals surface area (Å²) in [5.41, 5.74) is 1.76. The molecule has 146 valence electrons. The molecule has 0 saturated carbocycles. The highest BCUT2D eigenvalue weighted by atomic mass is 19.4. The summed E-state index contributed by atoms with van der Waals surface area (Å²) >= 11 is 0. The Morgan fingerprint density at radius 2 is 2.04 bits per heavy atom. The number of imidazole rings is 1. The highest BCUT2D eigenvalue weighted by molar-refractivity contribution is 5.94. The normalized spacial score (nSPS) is 18.0. The molecule has 2 atom stereocenters. The van der Waals surface area contributed by atoms with Gasteiger partial charge in [0.1, 0.15) is 11.8 Å². The van der Waals surface area contributed by atoms with E-state index in [9.17, 15) is 18.0 Å². The molecular weight excluding hydrogens is 375 g/mol. The lowest BCUT2D eigenvalue weighted by molar-refractivity contribution is -0.214. The van der Waals surface area contributed by atoms with Crippen molar-refractivity contribution >= 4 is 23.0 Å². The zero-order valence-corrected chi connectivity index (χ0v) is 14.9. The van der Waals surface area contributed by atoms with E-state index in [1.54, 1.807) is 29.7 Å². The predicted molar refractivity (Wildman–Crippen MR) is 94.5 cm³/mol. The molecule has 0 amide bonds. The maximum Gasteiger partial charge on any atom is 0.425 e. The van der Waals surface area contributed by atoms with Crippen molar-refractivity contribution in [2.24, 2.45) is 0 Å². The molecule has 3 aromatic rings. The molecule has 4 rings (SSSR count). The number of allylic oxidation sites excluding steroid dienone is 1. The summed E-state index contributed by atoms with van der Waals surface area (Å²) in [6, 6.07) is 9.74. The summed E-state index contributed by atoms with van der Waals surface area (Å²) in [7, 11) is 0. The van der Waals surface area contributed by atoms with Crippen molar-refractivity contribution in [3.8, 4) is 0 Å². The number of anilines is 1. The lowest BCUT2D eigenvalue weighted by Gasteiger charge is -2.29. The van der Waals surface area contributed by atoms with Gasteiger partial charge in [-0.25, -0.2) is 9.78 Å². The fraction of sp³-hybridized carbons (Fsp3) is 0.263. The third-order valence-electron chi connectivity index (χ3n) is 4.61. The van der Waals surface area contributed by atoms with Crippen LogP contribution in [0.4, 0.5) is 19.1 Å². The topological polar surface area (TPSA) is 69.3 Å². The number of halogens is 3. The monoisotopic (exact) mass is 391 g/mol. The van der Waals surface area contributed by atoms with E-state index >= 15 is 0 Å². The molecule has 2 aromatic heterocycles. The van der Waals surface area contributed by atoms with Gasteiger partial charge in [-0.15, -0.1) is 0 Å². The van der Waals surface area contributed by atoms with Crippen LogP contribution >= 0.6 is 0 Å². The van der Waals surface area contributed by atoms with Crippen molar-refractivity contribution in [2.75, 3.05) is 5.32 Å². The van der Waals surface area contributed by atoms with Gasteiger partial charge in [-0.3, -0.25) is 4.57 Å². The first kappa shape index (κ1) is 18.1. The van der Waals surface area contributed by atoms with Crippen LogP contribution < -0.4 is 5.32 Å². The number of aromatic nitrogens is 2. The van der Waals surface area contributed by atoms with Gasteiger partial charge in [-0.1, -0.05) is 12.1 Å². The smallest absolute Gasteiger partial charge is 0.425 e. The summed E-state index contributed by atoms with van der Waals surface area (Å²) < 4.78 is 50.6. The van der Waals surface area contributed by atoms with Gasteiger partial charge in [0.2, 0.25) is 5.95 Å². The number of nitrogens with one attached hydrogen (secondary N) is 1. The Hall–Kier alpha value is -3.23. The first-order valence-electron chi connectivity index (χ1n) is 8.53. The van der Waals surface area contributed by atoms with E-state index in [1.807, 2.05) is 18.2 Å². The average molecular weight is 391 g/mol. The molecule has 9 heteroatoms. The van der Waals surface area contributed by atoms with Gasteiger partial charge < -0.3 is 14.5 Å². The molecule has 0 fully saturated rings. The molecule has 1 aromatic carbocycles. The molecule has 6 nitrogen and oxygen atoms in total. The molecule has 0 saturated heterocycles. The minimum Gasteiger partial charge on any atom is -0.467 e. The first-order chi connectivity index (χ1) is 13.3. The third-order valence-corrected chi connectivity index (χ3v) is 4.61. The Bertz CT molecular complexity index is 1070. The minimum absolute atomic E-state index is 0.0294. The van der Waals surface area contributed by atoms with Crippen LogP contribution in [0.15, 0.2) is 58.3 Å². The molecule has 0 bridgehead atoms. The summed E-state index contributed by atoms with van der Waals surface area (Å²) in [6.45, 7) is 2.39. The van der Waals surface area contributed by atoms with Crippen molar-refractivity contribution < 1.29 is 27.1 Å². The molecule has 2 unspecified atom stereocenters. The van der Waals surface area contributed by atoms with E-state index in [2.05, 4.69) is 10.3 Å². The predicted octanol–water partition coefficient (Wildman–Crippen LogP) is 4.41. The number of alkyl halides is 3. The Kier molecular flexibility index (Phi) is 4.17. The molecule has 1 N–H and O–H groups in total. The second kappa shape index (κ2) is 6.43.